The molecule has 15 heteroatoms. The number of hydrazone groups is 1. The summed E-state index contributed by atoms with van der Waals surface area (Å²) in [4.78, 5) is 29.5. The summed E-state index contributed by atoms with van der Waals surface area (Å²) in [7, 11) is -2.18. The molecule has 0 atom stereocenters. The Kier molecular flexibility index (Phi) is 8.44. The van der Waals surface area contributed by atoms with Crippen molar-refractivity contribution in [2.75, 3.05) is 38.7 Å². The van der Waals surface area contributed by atoms with E-state index in [1.165, 1.54) is 40.5 Å². The molecule has 0 unspecified atom stereocenters. The number of para-hydroxylation sites is 1. The fraction of sp³-hybridized carbons (Fsp3) is 0.185. The highest BCUT2D eigenvalue weighted by atomic mass is 32.2. The van der Waals surface area contributed by atoms with E-state index in [1.807, 2.05) is 42.3 Å². The summed E-state index contributed by atoms with van der Waals surface area (Å²) in [6.45, 7) is 1.54. The number of aromatic nitrogens is 1. The number of benzene rings is 3. The molecule has 1 aliphatic rings. The van der Waals surface area contributed by atoms with Crippen LogP contribution < -0.4 is 5.43 Å². The molecule has 2 heterocycles. The average Bonchev–Trinajstić information content (AvgIpc) is 2.98. The second kappa shape index (κ2) is 12.2. The summed E-state index contributed by atoms with van der Waals surface area (Å²) in [6, 6.07) is 17.5. The highest BCUT2D eigenvalue weighted by Gasteiger charge is 2.31. The lowest BCUT2D eigenvalue weighted by atomic mass is 10.2. The van der Waals surface area contributed by atoms with Gasteiger partial charge >= 0.3 is 0 Å². The quantitative estimate of drug-likeness (QED) is 0.162. The van der Waals surface area contributed by atoms with E-state index in [1.54, 1.807) is 18.3 Å². The maximum atomic E-state index is 13.4. The first-order valence-corrected chi connectivity index (χ1v) is 15.0. The summed E-state index contributed by atoms with van der Waals surface area (Å²) in [5.41, 5.74) is 3.31. The number of sulfonamides is 1. The number of rotatable bonds is 9. The number of nitro benzene ring substituents is 2. The first-order chi connectivity index (χ1) is 20.1. The summed E-state index contributed by atoms with van der Waals surface area (Å²) in [6.07, 6.45) is 2.98. The number of hydrogen-bond acceptors (Lipinski definition) is 11. The number of non-ortho nitro benzene ring substituents is 1. The van der Waals surface area contributed by atoms with Gasteiger partial charge in [0.1, 0.15) is 4.90 Å². The van der Waals surface area contributed by atoms with Crippen LogP contribution in [0.2, 0.25) is 0 Å². The number of nitro groups is 2. The molecular formula is C27H25N7O6S2. The first-order valence-electron chi connectivity index (χ1n) is 12.7. The van der Waals surface area contributed by atoms with Gasteiger partial charge in [0, 0.05) is 66.4 Å². The van der Waals surface area contributed by atoms with E-state index in [2.05, 4.69) is 15.5 Å². The normalized spacial score (nSPS) is 14.8. The van der Waals surface area contributed by atoms with Crippen LogP contribution in [0, 0.1) is 20.2 Å². The van der Waals surface area contributed by atoms with E-state index in [0.29, 0.717) is 23.5 Å². The molecule has 1 aliphatic heterocycles. The predicted octanol–water partition coefficient (Wildman–Crippen LogP) is 4.58. The van der Waals surface area contributed by atoms with Gasteiger partial charge in [-0.1, -0.05) is 36.0 Å². The van der Waals surface area contributed by atoms with Crippen molar-refractivity contribution in [1.82, 2.24) is 14.2 Å². The van der Waals surface area contributed by atoms with Crippen LogP contribution in [0.1, 0.15) is 5.56 Å². The second-order valence-electron chi connectivity index (χ2n) is 9.43. The van der Waals surface area contributed by atoms with Crippen molar-refractivity contribution in [3.63, 3.8) is 0 Å². The molecule has 3 aromatic carbocycles. The maximum absolute atomic E-state index is 13.4. The molecule has 0 bridgehead atoms. The van der Waals surface area contributed by atoms with Crippen LogP contribution in [0.4, 0.5) is 17.1 Å². The fourth-order valence-electron chi connectivity index (χ4n) is 4.39. The van der Waals surface area contributed by atoms with Gasteiger partial charge in [-0.3, -0.25) is 30.6 Å². The highest BCUT2D eigenvalue weighted by molar-refractivity contribution is 7.99. The Labute approximate surface area is 245 Å². The summed E-state index contributed by atoms with van der Waals surface area (Å²) < 4.78 is 28.1. The van der Waals surface area contributed by atoms with Gasteiger partial charge in [0.05, 0.1) is 32.2 Å². The standard InChI is InChI=1S/C27H25N7O6S2/c1-31-12-14-32(15-13-31)42(39,40)26-17-21(33(35)36)8-9-22(26)30-29-18-19-7-10-24(23(16-19)34(37)38)41-25-6-2-4-20-5-3-11-28-27(20)25/h2-11,16-18,30H,12-15H2,1H3/b29-18-. The zero-order valence-electron chi connectivity index (χ0n) is 22.3. The van der Waals surface area contributed by atoms with Gasteiger partial charge in [-0.15, -0.1) is 0 Å². The minimum absolute atomic E-state index is 0.0425. The van der Waals surface area contributed by atoms with Gasteiger partial charge in [0.2, 0.25) is 10.0 Å². The Bertz CT molecular complexity index is 1800. The number of nitrogens with one attached hydrogen (secondary N) is 1. The largest absolute Gasteiger partial charge is 0.304 e. The van der Waals surface area contributed by atoms with Crippen molar-refractivity contribution in [2.45, 2.75) is 14.7 Å². The van der Waals surface area contributed by atoms with E-state index in [-0.39, 0.29) is 35.0 Å². The molecule has 13 nitrogen and oxygen atoms in total. The maximum Gasteiger partial charge on any atom is 0.283 e. The first kappa shape index (κ1) is 29.1. The number of pyridine rings is 1. The van der Waals surface area contributed by atoms with Crippen LogP contribution in [0.25, 0.3) is 10.9 Å². The summed E-state index contributed by atoms with van der Waals surface area (Å²) in [5, 5.41) is 28.3. The third-order valence-electron chi connectivity index (χ3n) is 6.65. The Morgan fingerprint density at radius 1 is 0.952 bits per heavy atom. The van der Waals surface area contributed by atoms with Gasteiger partial charge in [0.25, 0.3) is 11.4 Å². The number of piperazine rings is 1. The van der Waals surface area contributed by atoms with E-state index >= 15 is 0 Å². The molecule has 1 saturated heterocycles. The van der Waals surface area contributed by atoms with Gasteiger partial charge in [0.15, 0.2) is 0 Å². The number of likely N-dealkylation sites (N-methyl/N-ethyl adjacent to an activating group) is 1. The zero-order valence-corrected chi connectivity index (χ0v) is 23.9. The van der Waals surface area contributed by atoms with E-state index in [4.69, 9.17) is 0 Å². The number of fused-ring (bicyclic) bond motifs is 1. The smallest absolute Gasteiger partial charge is 0.283 e. The molecule has 0 radical (unpaired) electrons. The van der Waals surface area contributed by atoms with E-state index in [0.717, 1.165) is 21.9 Å². The van der Waals surface area contributed by atoms with Gasteiger partial charge < -0.3 is 4.90 Å². The molecule has 0 spiro atoms. The molecule has 0 saturated carbocycles. The molecule has 42 heavy (non-hydrogen) atoms. The van der Waals surface area contributed by atoms with Crippen molar-refractivity contribution < 1.29 is 18.3 Å². The van der Waals surface area contributed by atoms with Crippen molar-refractivity contribution >= 4 is 56.0 Å². The third-order valence-corrected chi connectivity index (χ3v) is 9.70. The monoisotopic (exact) mass is 607 g/mol. The Morgan fingerprint density at radius 2 is 1.71 bits per heavy atom. The molecule has 0 amide bonds. The van der Waals surface area contributed by atoms with E-state index < -0.39 is 19.9 Å². The Balaban J connectivity index is 1.40. The van der Waals surface area contributed by atoms with Gasteiger partial charge in [-0.05, 0) is 31.3 Å². The summed E-state index contributed by atoms with van der Waals surface area (Å²) >= 11 is 1.23. The van der Waals surface area contributed by atoms with Gasteiger partial charge in [-0.2, -0.15) is 9.41 Å². The Hall–Kier alpha value is -4.44. The SMILES string of the molecule is CN1CCN(S(=O)(=O)c2cc([N+](=O)[O-])ccc2N/N=C\c2ccc(Sc3cccc4cccnc34)c([N+](=O)[O-])c2)CC1. The minimum atomic E-state index is -4.07. The van der Waals surface area contributed by atoms with Crippen molar-refractivity contribution in [2.24, 2.45) is 5.10 Å². The predicted molar refractivity (Wildman–Crippen MR) is 160 cm³/mol. The second-order valence-corrected chi connectivity index (χ2v) is 12.4. The number of anilines is 1. The average molecular weight is 608 g/mol. The molecular weight excluding hydrogens is 582 g/mol. The third kappa shape index (κ3) is 6.23. The highest BCUT2D eigenvalue weighted by Crippen LogP contribution is 2.38. The molecule has 1 N–H and O–H groups in total. The van der Waals surface area contributed by atoms with E-state index in [9.17, 15) is 28.6 Å². The number of nitrogens with zero attached hydrogens (tertiary/aromatic N) is 6. The lowest BCUT2D eigenvalue weighted by molar-refractivity contribution is -0.387. The van der Waals surface area contributed by atoms with Crippen LogP contribution in [0.3, 0.4) is 0 Å². The molecule has 1 aromatic heterocycles. The molecule has 0 aliphatic carbocycles. The topological polar surface area (TPSA) is 164 Å². The van der Waals surface area contributed by atoms with Crippen molar-refractivity contribution in [1.29, 1.82) is 0 Å². The van der Waals surface area contributed by atoms with Crippen molar-refractivity contribution in [3.8, 4) is 0 Å². The molecule has 5 rings (SSSR count). The lowest BCUT2D eigenvalue weighted by Crippen LogP contribution is -2.47. The minimum Gasteiger partial charge on any atom is -0.304 e. The van der Waals surface area contributed by atoms with Crippen LogP contribution in [-0.2, 0) is 10.0 Å². The fourth-order valence-corrected chi connectivity index (χ4v) is 7.00. The van der Waals surface area contributed by atoms with Crippen molar-refractivity contribution in [3.05, 3.63) is 98.7 Å². The Morgan fingerprint density at radius 3 is 2.45 bits per heavy atom. The summed E-state index contributed by atoms with van der Waals surface area (Å²) in [5.74, 6) is 0. The number of hydrogen-bond donors (Lipinski definition) is 1. The lowest BCUT2D eigenvalue weighted by Gasteiger charge is -2.31. The van der Waals surface area contributed by atoms with Crippen LogP contribution in [0.5, 0.6) is 0 Å². The van der Waals surface area contributed by atoms with Crippen LogP contribution in [0.15, 0.2) is 92.7 Å². The zero-order chi connectivity index (χ0) is 29.9. The molecule has 216 valence electrons. The van der Waals surface area contributed by atoms with Gasteiger partial charge in [-0.25, -0.2) is 8.42 Å². The van der Waals surface area contributed by atoms with Crippen LogP contribution in [-0.4, -0.2) is 71.9 Å². The van der Waals surface area contributed by atoms with Crippen LogP contribution >= 0.6 is 11.8 Å². The molecule has 4 aromatic rings. The molecule has 1 fully saturated rings.